The number of H-pyrrole nitrogens is 1. The summed E-state index contributed by atoms with van der Waals surface area (Å²) in [7, 11) is 1.65. The normalized spacial score (nSPS) is 17.5. The molecule has 4 heteroatoms. The summed E-state index contributed by atoms with van der Waals surface area (Å²) in [5, 5.41) is 5.54. The van der Waals surface area contributed by atoms with Crippen LogP contribution in [0.25, 0.3) is 10.9 Å². The van der Waals surface area contributed by atoms with E-state index in [0.717, 1.165) is 29.1 Å². The van der Waals surface area contributed by atoms with Crippen LogP contribution in [-0.2, 0) is 0 Å². The molecule has 2 unspecified atom stereocenters. The van der Waals surface area contributed by atoms with Gasteiger partial charge < -0.3 is 15.0 Å². The number of methoxy groups -OCH3 is 1. The molecular formula is C23H23ClN2O. The van der Waals surface area contributed by atoms with Gasteiger partial charge in [-0.25, -0.2) is 0 Å². The molecule has 2 aromatic carbocycles. The molecule has 0 amide bonds. The number of hydrogen-bond donors (Lipinski definition) is 2. The molecule has 2 atom stereocenters. The summed E-state index contributed by atoms with van der Waals surface area (Å²) in [4.78, 5) is 3.52. The van der Waals surface area contributed by atoms with Crippen LogP contribution in [0, 0.1) is 11.8 Å². The second-order valence-electron chi connectivity index (χ2n) is 7.05. The van der Waals surface area contributed by atoms with Crippen molar-refractivity contribution in [1.29, 1.82) is 0 Å². The van der Waals surface area contributed by atoms with E-state index >= 15 is 0 Å². The number of aromatic amines is 1. The fraction of sp³-hybridized carbons (Fsp3) is 0.304. The van der Waals surface area contributed by atoms with Crippen LogP contribution in [0.2, 0.25) is 5.02 Å². The van der Waals surface area contributed by atoms with Crippen molar-refractivity contribution < 1.29 is 4.74 Å². The molecule has 0 spiro atoms. The van der Waals surface area contributed by atoms with Gasteiger partial charge in [-0.15, -0.1) is 0 Å². The minimum Gasteiger partial charge on any atom is -0.495 e. The topological polar surface area (TPSA) is 37.0 Å². The van der Waals surface area contributed by atoms with Crippen molar-refractivity contribution in [2.45, 2.75) is 31.7 Å². The number of benzene rings is 2. The Morgan fingerprint density at radius 1 is 1.19 bits per heavy atom. The smallest absolute Gasteiger partial charge is 0.134 e. The van der Waals surface area contributed by atoms with E-state index in [-0.39, 0.29) is 0 Å². The molecule has 138 valence electrons. The molecule has 0 bridgehead atoms. The number of fused-ring (bicyclic) bond motifs is 1. The zero-order valence-corrected chi connectivity index (χ0v) is 16.4. The van der Waals surface area contributed by atoms with E-state index < -0.39 is 0 Å². The second kappa shape index (κ2) is 7.68. The largest absolute Gasteiger partial charge is 0.495 e. The van der Waals surface area contributed by atoms with Gasteiger partial charge in [0.1, 0.15) is 5.75 Å². The predicted octanol–water partition coefficient (Wildman–Crippen LogP) is 5.09. The lowest BCUT2D eigenvalue weighted by Crippen LogP contribution is -2.27. The zero-order valence-electron chi connectivity index (χ0n) is 15.6. The molecule has 27 heavy (non-hydrogen) atoms. The Morgan fingerprint density at radius 2 is 2.04 bits per heavy atom. The van der Waals surface area contributed by atoms with Crippen molar-refractivity contribution in [3.63, 3.8) is 0 Å². The van der Waals surface area contributed by atoms with Crippen LogP contribution >= 0.6 is 11.6 Å². The molecule has 0 radical (unpaired) electrons. The second-order valence-corrected chi connectivity index (χ2v) is 7.48. The standard InChI is InChI=1S/C23H23ClN2O/c1-15(19-8-5-13-25-19)23-18-6-3-4-7-20(18)26-21(23)11-9-16-14-17(24)10-12-22(16)27-2/h3-4,6-7,10,12,14-15,19,25-26H,5,8,13H2,1-2H3. The van der Waals surface area contributed by atoms with Crippen LogP contribution < -0.4 is 10.1 Å². The fourth-order valence-corrected chi connectivity index (χ4v) is 4.15. The van der Waals surface area contributed by atoms with Crippen molar-refractivity contribution in [2.75, 3.05) is 13.7 Å². The molecule has 1 aromatic heterocycles. The van der Waals surface area contributed by atoms with E-state index in [2.05, 4.69) is 53.3 Å². The maximum absolute atomic E-state index is 6.15. The first-order valence-electron chi connectivity index (χ1n) is 9.37. The summed E-state index contributed by atoms with van der Waals surface area (Å²) in [6, 6.07) is 14.4. The lowest BCUT2D eigenvalue weighted by atomic mass is 9.90. The molecule has 0 saturated carbocycles. The van der Waals surface area contributed by atoms with Gasteiger partial charge in [0.25, 0.3) is 0 Å². The molecular weight excluding hydrogens is 356 g/mol. The van der Waals surface area contributed by atoms with Gasteiger partial charge in [-0.05, 0) is 61.1 Å². The Kier molecular flexibility index (Phi) is 5.11. The highest BCUT2D eigenvalue weighted by Gasteiger charge is 2.26. The Hall–Kier alpha value is -2.41. The summed E-state index contributed by atoms with van der Waals surface area (Å²) in [5.41, 5.74) is 4.18. The SMILES string of the molecule is COc1ccc(Cl)cc1C#Cc1[nH]c2ccccc2c1C(C)C1CCCN1. The Balaban J connectivity index is 1.81. The summed E-state index contributed by atoms with van der Waals surface area (Å²) >= 11 is 6.15. The number of aromatic nitrogens is 1. The minimum atomic E-state index is 0.384. The first kappa shape index (κ1) is 18.0. The third-order valence-corrected chi connectivity index (χ3v) is 5.62. The van der Waals surface area contributed by atoms with Gasteiger partial charge in [0, 0.05) is 22.0 Å². The van der Waals surface area contributed by atoms with Gasteiger partial charge in [-0.1, -0.05) is 42.6 Å². The maximum atomic E-state index is 6.15. The molecule has 4 rings (SSSR count). The number of nitrogens with one attached hydrogen (secondary N) is 2. The molecule has 2 heterocycles. The predicted molar refractivity (Wildman–Crippen MR) is 112 cm³/mol. The van der Waals surface area contributed by atoms with E-state index in [4.69, 9.17) is 16.3 Å². The third-order valence-electron chi connectivity index (χ3n) is 5.39. The molecule has 2 N–H and O–H groups in total. The first-order chi connectivity index (χ1) is 13.2. The van der Waals surface area contributed by atoms with Crippen LogP contribution in [0.5, 0.6) is 5.75 Å². The van der Waals surface area contributed by atoms with Crippen LogP contribution in [0.4, 0.5) is 0 Å². The summed E-state index contributed by atoms with van der Waals surface area (Å²) in [6.45, 7) is 3.39. The van der Waals surface area contributed by atoms with Crippen molar-refractivity contribution >= 4 is 22.5 Å². The van der Waals surface area contributed by atoms with E-state index in [0.29, 0.717) is 17.0 Å². The van der Waals surface area contributed by atoms with Crippen LogP contribution in [0.3, 0.4) is 0 Å². The Labute approximate surface area is 165 Å². The monoisotopic (exact) mass is 378 g/mol. The Morgan fingerprint density at radius 3 is 2.81 bits per heavy atom. The summed E-state index contributed by atoms with van der Waals surface area (Å²) in [5.74, 6) is 7.73. The lowest BCUT2D eigenvalue weighted by molar-refractivity contribution is 0.413. The molecule has 1 fully saturated rings. The molecule has 3 nitrogen and oxygen atoms in total. The number of para-hydroxylation sites is 1. The minimum absolute atomic E-state index is 0.384. The lowest BCUT2D eigenvalue weighted by Gasteiger charge is -2.19. The van der Waals surface area contributed by atoms with Crippen LogP contribution in [0.15, 0.2) is 42.5 Å². The summed E-state index contributed by atoms with van der Waals surface area (Å²) < 4.78 is 5.43. The van der Waals surface area contributed by atoms with Crippen LogP contribution in [-0.4, -0.2) is 24.7 Å². The van der Waals surface area contributed by atoms with Gasteiger partial charge in [0.05, 0.1) is 18.4 Å². The average Bonchev–Trinajstić information content (AvgIpc) is 3.33. The van der Waals surface area contributed by atoms with Gasteiger partial charge in [-0.2, -0.15) is 0 Å². The van der Waals surface area contributed by atoms with Gasteiger partial charge >= 0.3 is 0 Å². The Bertz CT molecular complexity index is 1020. The van der Waals surface area contributed by atoms with Crippen molar-refractivity contribution in [3.8, 4) is 17.6 Å². The number of rotatable bonds is 3. The highest BCUT2D eigenvalue weighted by atomic mass is 35.5. The highest BCUT2D eigenvalue weighted by Crippen LogP contribution is 2.33. The molecule has 1 saturated heterocycles. The van der Waals surface area contributed by atoms with Crippen molar-refractivity contribution in [3.05, 3.63) is 64.3 Å². The fourth-order valence-electron chi connectivity index (χ4n) is 3.98. The molecule has 3 aromatic rings. The van der Waals surface area contributed by atoms with E-state index in [9.17, 15) is 0 Å². The van der Waals surface area contributed by atoms with Gasteiger partial charge in [0.2, 0.25) is 0 Å². The van der Waals surface area contributed by atoms with E-state index in [1.807, 2.05) is 18.2 Å². The molecule has 1 aliphatic rings. The van der Waals surface area contributed by atoms with Crippen molar-refractivity contribution in [1.82, 2.24) is 10.3 Å². The quantitative estimate of drug-likeness (QED) is 0.623. The first-order valence-corrected chi connectivity index (χ1v) is 9.74. The summed E-state index contributed by atoms with van der Waals surface area (Å²) in [6.07, 6.45) is 2.44. The molecule has 1 aliphatic heterocycles. The van der Waals surface area contributed by atoms with Gasteiger partial charge in [-0.3, -0.25) is 0 Å². The zero-order chi connectivity index (χ0) is 18.8. The van der Waals surface area contributed by atoms with Crippen molar-refractivity contribution in [2.24, 2.45) is 0 Å². The third kappa shape index (κ3) is 3.56. The van der Waals surface area contributed by atoms with Gasteiger partial charge in [0.15, 0.2) is 0 Å². The van der Waals surface area contributed by atoms with Crippen LogP contribution in [0.1, 0.15) is 42.5 Å². The van der Waals surface area contributed by atoms with E-state index in [1.165, 1.54) is 23.8 Å². The highest BCUT2D eigenvalue weighted by molar-refractivity contribution is 6.30. The van der Waals surface area contributed by atoms with E-state index in [1.54, 1.807) is 7.11 Å². The number of ether oxygens (including phenoxy) is 1. The number of halogens is 1. The molecule has 0 aliphatic carbocycles. The number of hydrogen-bond acceptors (Lipinski definition) is 2. The average molecular weight is 379 g/mol. The maximum Gasteiger partial charge on any atom is 0.134 e.